The molecule has 0 unspecified atom stereocenters. The standard InChI is InChI=1S/C20H30N3O8P/c1-14(19(26)29-12-9-15-7-5-6-10-21-15)23-32(27)30-13-20(2,3)17(31-32)18(25)22-11-8-16(24)28-4/h5-7,10,14,17H,8-9,11-13H2,1-4H3,(H,22,25)(H,23,27)/t14-,17-,32+/m0/s1. The Morgan fingerprint density at radius 1 is 1.34 bits per heavy atom. The lowest BCUT2D eigenvalue weighted by molar-refractivity contribution is -0.145. The number of nitrogens with one attached hydrogen (secondary N) is 2. The van der Waals surface area contributed by atoms with Crippen molar-refractivity contribution in [3.05, 3.63) is 30.1 Å². The normalized spacial score (nSPS) is 23.1. The molecule has 1 aromatic rings. The van der Waals surface area contributed by atoms with Crippen molar-refractivity contribution in [3.63, 3.8) is 0 Å². The molecular weight excluding hydrogens is 441 g/mol. The van der Waals surface area contributed by atoms with Gasteiger partial charge in [-0.05, 0) is 19.1 Å². The zero-order chi connectivity index (χ0) is 23.8. The average Bonchev–Trinajstić information content (AvgIpc) is 2.76. The number of methoxy groups -OCH3 is 1. The van der Waals surface area contributed by atoms with E-state index in [-0.39, 0.29) is 26.2 Å². The molecular formula is C20H30N3O8P. The third-order valence-electron chi connectivity index (χ3n) is 4.69. The van der Waals surface area contributed by atoms with Crippen LogP contribution in [0.1, 0.15) is 32.9 Å². The molecule has 2 rings (SSSR count). The molecule has 0 bridgehead atoms. The van der Waals surface area contributed by atoms with Gasteiger partial charge in [0.1, 0.15) is 6.04 Å². The lowest BCUT2D eigenvalue weighted by Crippen LogP contribution is -2.51. The minimum atomic E-state index is -3.98. The van der Waals surface area contributed by atoms with Gasteiger partial charge in [0.15, 0.2) is 6.10 Å². The van der Waals surface area contributed by atoms with E-state index in [2.05, 4.69) is 20.1 Å². The molecule has 1 fully saturated rings. The number of amides is 1. The number of hydrogen-bond donors (Lipinski definition) is 2. The summed E-state index contributed by atoms with van der Waals surface area (Å²) in [4.78, 5) is 40.2. The number of ether oxygens (including phenoxy) is 2. The molecule has 1 amide bonds. The zero-order valence-electron chi connectivity index (χ0n) is 18.7. The Labute approximate surface area is 187 Å². The molecule has 0 aliphatic carbocycles. The summed E-state index contributed by atoms with van der Waals surface area (Å²) in [5, 5.41) is 5.08. The van der Waals surface area contributed by atoms with Crippen LogP contribution in [0.3, 0.4) is 0 Å². The average molecular weight is 471 g/mol. The van der Waals surface area contributed by atoms with Crippen molar-refractivity contribution >= 4 is 25.6 Å². The van der Waals surface area contributed by atoms with Crippen molar-refractivity contribution in [2.45, 2.75) is 45.8 Å². The third-order valence-corrected chi connectivity index (χ3v) is 6.35. The summed E-state index contributed by atoms with van der Waals surface area (Å²) in [5.41, 5.74) is -0.0203. The molecule has 0 saturated carbocycles. The number of carbonyl (C=O) groups excluding carboxylic acids is 3. The lowest BCUT2D eigenvalue weighted by Gasteiger charge is -2.40. The highest BCUT2D eigenvalue weighted by atomic mass is 31.2. The predicted octanol–water partition coefficient (Wildman–Crippen LogP) is 1.37. The third kappa shape index (κ3) is 7.67. The first kappa shape index (κ1) is 25.9. The van der Waals surface area contributed by atoms with Gasteiger partial charge in [-0.1, -0.05) is 19.9 Å². The van der Waals surface area contributed by atoms with Crippen molar-refractivity contribution in [1.82, 2.24) is 15.4 Å². The summed E-state index contributed by atoms with van der Waals surface area (Å²) in [7, 11) is -2.72. The largest absolute Gasteiger partial charge is 0.469 e. The summed E-state index contributed by atoms with van der Waals surface area (Å²) in [6.45, 7) is 4.99. The lowest BCUT2D eigenvalue weighted by atomic mass is 9.87. The van der Waals surface area contributed by atoms with Crippen molar-refractivity contribution in [3.8, 4) is 0 Å². The quantitative estimate of drug-likeness (QED) is 0.379. The molecule has 1 saturated heterocycles. The Bertz CT molecular complexity index is 849. The second-order valence-corrected chi connectivity index (χ2v) is 9.67. The van der Waals surface area contributed by atoms with Gasteiger partial charge in [0, 0.05) is 30.3 Å². The Morgan fingerprint density at radius 2 is 2.09 bits per heavy atom. The molecule has 178 valence electrons. The van der Waals surface area contributed by atoms with E-state index in [4.69, 9.17) is 13.8 Å². The van der Waals surface area contributed by atoms with Crippen LogP contribution in [-0.2, 0) is 43.9 Å². The highest BCUT2D eigenvalue weighted by Gasteiger charge is 2.48. The van der Waals surface area contributed by atoms with Crippen LogP contribution in [0.25, 0.3) is 0 Å². The van der Waals surface area contributed by atoms with Crippen LogP contribution in [0.4, 0.5) is 0 Å². The SMILES string of the molecule is COC(=O)CCNC(=O)[C@@H]1O[P@@](=O)(N[C@@H](C)C(=O)OCCc2ccccn2)OCC1(C)C. The first-order valence-electron chi connectivity index (χ1n) is 10.2. The Hall–Kier alpha value is -2.33. The number of pyridine rings is 1. The van der Waals surface area contributed by atoms with E-state index in [0.717, 1.165) is 5.69 Å². The first-order chi connectivity index (χ1) is 15.1. The van der Waals surface area contributed by atoms with Gasteiger partial charge < -0.3 is 14.8 Å². The van der Waals surface area contributed by atoms with Crippen molar-refractivity contribution in [2.24, 2.45) is 5.41 Å². The van der Waals surface area contributed by atoms with Crippen molar-refractivity contribution in [1.29, 1.82) is 0 Å². The monoisotopic (exact) mass is 471 g/mol. The molecule has 0 spiro atoms. The molecule has 0 aromatic carbocycles. The van der Waals surface area contributed by atoms with Gasteiger partial charge in [-0.3, -0.25) is 28.4 Å². The molecule has 12 heteroatoms. The maximum Gasteiger partial charge on any atom is 0.407 e. The second kappa shape index (κ2) is 11.5. The summed E-state index contributed by atoms with van der Waals surface area (Å²) in [6, 6.07) is 4.43. The Balaban J connectivity index is 1.89. The molecule has 1 aromatic heterocycles. The number of carbonyl (C=O) groups is 3. The molecule has 32 heavy (non-hydrogen) atoms. The van der Waals surface area contributed by atoms with Gasteiger partial charge in [0.2, 0.25) is 5.91 Å². The van der Waals surface area contributed by atoms with Crippen molar-refractivity contribution in [2.75, 3.05) is 26.9 Å². The fourth-order valence-corrected chi connectivity index (χ4v) is 4.75. The molecule has 11 nitrogen and oxygen atoms in total. The number of aromatic nitrogens is 1. The Morgan fingerprint density at radius 3 is 2.75 bits per heavy atom. The van der Waals surface area contributed by atoms with Gasteiger partial charge in [0.05, 0.1) is 26.7 Å². The summed E-state index contributed by atoms with van der Waals surface area (Å²) >= 11 is 0. The second-order valence-electron chi connectivity index (χ2n) is 7.95. The maximum atomic E-state index is 13.0. The van der Waals surface area contributed by atoms with Crippen LogP contribution in [0.5, 0.6) is 0 Å². The van der Waals surface area contributed by atoms with E-state index >= 15 is 0 Å². The van der Waals surface area contributed by atoms with Crippen LogP contribution >= 0.6 is 7.75 Å². The fraction of sp³-hybridized carbons (Fsp3) is 0.600. The number of hydrogen-bond acceptors (Lipinski definition) is 9. The predicted molar refractivity (Wildman–Crippen MR) is 113 cm³/mol. The minimum absolute atomic E-state index is 0.0107. The molecule has 3 atom stereocenters. The summed E-state index contributed by atoms with van der Waals surface area (Å²) in [5.74, 6) is -1.66. The van der Waals surface area contributed by atoms with Gasteiger partial charge in [-0.15, -0.1) is 0 Å². The highest BCUT2D eigenvalue weighted by Crippen LogP contribution is 2.53. The van der Waals surface area contributed by atoms with Crippen LogP contribution in [0, 0.1) is 5.41 Å². The molecule has 1 aliphatic heterocycles. The van der Waals surface area contributed by atoms with E-state index in [1.807, 2.05) is 12.1 Å². The molecule has 2 heterocycles. The summed E-state index contributed by atoms with van der Waals surface area (Å²) < 4.78 is 33.6. The van der Waals surface area contributed by atoms with E-state index in [0.29, 0.717) is 6.42 Å². The minimum Gasteiger partial charge on any atom is -0.469 e. The van der Waals surface area contributed by atoms with Gasteiger partial charge in [-0.25, -0.2) is 9.65 Å². The highest BCUT2D eigenvalue weighted by molar-refractivity contribution is 7.51. The van der Waals surface area contributed by atoms with Crippen LogP contribution in [-0.4, -0.2) is 61.8 Å². The maximum absolute atomic E-state index is 13.0. The van der Waals surface area contributed by atoms with Crippen LogP contribution < -0.4 is 10.4 Å². The van der Waals surface area contributed by atoms with Crippen LogP contribution in [0.15, 0.2) is 24.4 Å². The topological polar surface area (TPSA) is 142 Å². The van der Waals surface area contributed by atoms with E-state index in [1.54, 1.807) is 26.1 Å². The zero-order valence-corrected chi connectivity index (χ0v) is 19.6. The number of rotatable bonds is 10. The van der Waals surface area contributed by atoms with Gasteiger partial charge in [0.25, 0.3) is 0 Å². The Kier molecular flexibility index (Phi) is 9.33. The van der Waals surface area contributed by atoms with E-state index in [9.17, 15) is 18.9 Å². The molecule has 2 N–H and O–H groups in total. The molecule has 0 radical (unpaired) electrons. The molecule has 1 aliphatic rings. The van der Waals surface area contributed by atoms with Crippen LogP contribution in [0.2, 0.25) is 0 Å². The van der Waals surface area contributed by atoms with Gasteiger partial charge >= 0.3 is 19.7 Å². The van der Waals surface area contributed by atoms with E-state index in [1.165, 1.54) is 14.0 Å². The fourth-order valence-electron chi connectivity index (χ4n) is 2.81. The smallest absolute Gasteiger partial charge is 0.407 e. The van der Waals surface area contributed by atoms with E-state index < -0.39 is 43.2 Å². The first-order valence-corrected chi connectivity index (χ1v) is 11.7. The van der Waals surface area contributed by atoms with Crippen molar-refractivity contribution < 1.29 is 37.5 Å². The number of esters is 2. The van der Waals surface area contributed by atoms with Gasteiger partial charge in [-0.2, -0.15) is 0 Å². The summed E-state index contributed by atoms with van der Waals surface area (Å²) in [6.07, 6.45) is 0.947. The number of nitrogens with zero attached hydrogens (tertiary/aromatic N) is 1.